The SMILES string of the molecule is OC1CCc2cc(OCc3ccccn3)ccc21. The fraction of sp³-hybridized carbons (Fsp3) is 0.267. The fourth-order valence-electron chi connectivity index (χ4n) is 2.30. The van der Waals surface area contributed by atoms with Crippen LogP contribution >= 0.6 is 0 Å². The van der Waals surface area contributed by atoms with Gasteiger partial charge in [0.25, 0.3) is 0 Å². The lowest BCUT2D eigenvalue weighted by Crippen LogP contribution is -1.98. The van der Waals surface area contributed by atoms with Gasteiger partial charge in [0, 0.05) is 6.20 Å². The van der Waals surface area contributed by atoms with Crippen LogP contribution in [0.3, 0.4) is 0 Å². The maximum Gasteiger partial charge on any atom is 0.130 e. The average Bonchev–Trinajstić information content (AvgIpc) is 2.79. The molecule has 1 aliphatic rings. The summed E-state index contributed by atoms with van der Waals surface area (Å²) in [5.74, 6) is 0.841. The molecule has 0 bridgehead atoms. The van der Waals surface area contributed by atoms with Crippen LogP contribution in [-0.4, -0.2) is 10.1 Å². The summed E-state index contributed by atoms with van der Waals surface area (Å²) in [4.78, 5) is 4.21. The molecule has 1 unspecified atom stereocenters. The van der Waals surface area contributed by atoms with Gasteiger partial charge < -0.3 is 9.84 Å². The van der Waals surface area contributed by atoms with Crippen molar-refractivity contribution in [2.24, 2.45) is 0 Å². The molecule has 0 saturated carbocycles. The third-order valence-electron chi connectivity index (χ3n) is 3.27. The Morgan fingerprint density at radius 3 is 3.06 bits per heavy atom. The fourth-order valence-corrected chi connectivity index (χ4v) is 2.30. The van der Waals surface area contributed by atoms with E-state index in [1.165, 1.54) is 5.56 Å². The zero-order chi connectivity index (χ0) is 12.4. The van der Waals surface area contributed by atoms with E-state index in [4.69, 9.17) is 4.74 Å². The van der Waals surface area contributed by atoms with Crippen molar-refractivity contribution >= 4 is 0 Å². The molecule has 2 aromatic rings. The average molecular weight is 241 g/mol. The minimum Gasteiger partial charge on any atom is -0.487 e. The van der Waals surface area contributed by atoms with Crippen molar-refractivity contribution in [1.82, 2.24) is 4.98 Å². The molecule has 3 nitrogen and oxygen atoms in total. The second kappa shape index (κ2) is 4.78. The maximum absolute atomic E-state index is 9.73. The van der Waals surface area contributed by atoms with Gasteiger partial charge in [0.05, 0.1) is 11.8 Å². The van der Waals surface area contributed by atoms with Crippen LogP contribution < -0.4 is 4.74 Å². The quantitative estimate of drug-likeness (QED) is 0.898. The Bertz CT molecular complexity index is 539. The normalized spacial score (nSPS) is 17.5. The van der Waals surface area contributed by atoms with Crippen molar-refractivity contribution in [2.75, 3.05) is 0 Å². The zero-order valence-corrected chi connectivity index (χ0v) is 10.0. The molecule has 3 rings (SSSR count). The summed E-state index contributed by atoms with van der Waals surface area (Å²) in [7, 11) is 0. The molecule has 1 N–H and O–H groups in total. The molecule has 3 heteroatoms. The van der Waals surface area contributed by atoms with E-state index in [2.05, 4.69) is 4.98 Å². The van der Waals surface area contributed by atoms with E-state index in [-0.39, 0.29) is 6.10 Å². The molecule has 18 heavy (non-hydrogen) atoms. The van der Waals surface area contributed by atoms with Crippen LogP contribution in [0, 0.1) is 0 Å². The summed E-state index contributed by atoms with van der Waals surface area (Å²) in [6.07, 6.45) is 3.21. The van der Waals surface area contributed by atoms with Gasteiger partial charge in [-0.2, -0.15) is 0 Å². The van der Waals surface area contributed by atoms with E-state index < -0.39 is 0 Å². The Morgan fingerprint density at radius 2 is 2.22 bits per heavy atom. The number of nitrogens with zero attached hydrogens (tertiary/aromatic N) is 1. The van der Waals surface area contributed by atoms with Crippen molar-refractivity contribution in [3.8, 4) is 5.75 Å². The topological polar surface area (TPSA) is 42.4 Å². The van der Waals surface area contributed by atoms with E-state index in [1.807, 2.05) is 36.4 Å². The molecule has 0 radical (unpaired) electrons. The molecule has 1 aromatic heterocycles. The van der Waals surface area contributed by atoms with E-state index in [0.717, 1.165) is 29.8 Å². The summed E-state index contributed by atoms with van der Waals surface area (Å²) >= 11 is 0. The van der Waals surface area contributed by atoms with Crippen LogP contribution in [0.1, 0.15) is 29.3 Å². The Labute approximate surface area is 106 Å². The second-order valence-electron chi connectivity index (χ2n) is 4.52. The number of aryl methyl sites for hydroxylation is 1. The first kappa shape index (κ1) is 11.2. The Morgan fingerprint density at radius 1 is 1.28 bits per heavy atom. The molecular formula is C15H15NO2. The Hall–Kier alpha value is -1.87. The standard InChI is InChI=1S/C15H15NO2/c17-15-7-4-11-9-13(5-6-14(11)15)18-10-12-3-1-2-8-16-12/h1-3,5-6,8-9,15,17H,4,7,10H2. The molecule has 0 saturated heterocycles. The third kappa shape index (κ3) is 2.22. The number of hydrogen-bond donors (Lipinski definition) is 1. The number of fused-ring (bicyclic) bond motifs is 1. The second-order valence-corrected chi connectivity index (χ2v) is 4.52. The van der Waals surface area contributed by atoms with Crippen LogP contribution in [0.25, 0.3) is 0 Å². The van der Waals surface area contributed by atoms with Crippen molar-refractivity contribution in [1.29, 1.82) is 0 Å². The predicted molar refractivity (Wildman–Crippen MR) is 68.3 cm³/mol. The van der Waals surface area contributed by atoms with E-state index in [0.29, 0.717) is 6.61 Å². The zero-order valence-electron chi connectivity index (χ0n) is 10.0. The van der Waals surface area contributed by atoms with Crippen molar-refractivity contribution in [2.45, 2.75) is 25.6 Å². The molecule has 0 fully saturated rings. The number of aliphatic hydroxyl groups excluding tert-OH is 1. The van der Waals surface area contributed by atoms with Crippen molar-refractivity contribution in [3.63, 3.8) is 0 Å². The first-order chi connectivity index (χ1) is 8.83. The Balaban J connectivity index is 1.71. The molecule has 0 spiro atoms. The highest BCUT2D eigenvalue weighted by molar-refractivity contribution is 5.39. The van der Waals surface area contributed by atoms with Gasteiger partial charge in [0.2, 0.25) is 0 Å². The van der Waals surface area contributed by atoms with Crippen LogP contribution in [0.5, 0.6) is 5.75 Å². The molecular weight excluding hydrogens is 226 g/mol. The monoisotopic (exact) mass is 241 g/mol. The number of pyridine rings is 1. The minimum absolute atomic E-state index is 0.301. The van der Waals surface area contributed by atoms with Gasteiger partial charge in [-0.1, -0.05) is 12.1 Å². The number of rotatable bonds is 3. The van der Waals surface area contributed by atoms with Crippen molar-refractivity contribution < 1.29 is 9.84 Å². The highest BCUT2D eigenvalue weighted by Gasteiger charge is 2.20. The van der Waals surface area contributed by atoms with Crippen LogP contribution in [0.4, 0.5) is 0 Å². The van der Waals surface area contributed by atoms with Crippen LogP contribution in [0.2, 0.25) is 0 Å². The largest absolute Gasteiger partial charge is 0.487 e. The number of aromatic nitrogens is 1. The lowest BCUT2D eigenvalue weighted by molar-refractivity contribution is 0.180. The summed E-state index contributed by atoms with van der Waals surface area (Å²) in [5.41, 5.74) is 3.15. The number of aliphatic hydroxyl groups is 1. The van der Waals surface area contributed by atoms with Crippen LogP contribution in [0.15, 0.2) is 42.6 Å². The summed E-state index contributed by atoms with van der Waals surface area (Å²) in [6, 6.07) is 11.7. The molecule has 0 amide bonds. The predicted octanol–water partition coefficient (Wildman–Crippen LogP) is 2.64. The Kier molecular flexibility index (Phi) is 2.99. The molecule has 1 heterocycles. The summed E-state index contributed by atoms with van der Waals surface area (Å²) in [5, 5.41) is 9.73. The van der Waals surface area contributed by atoms with Crippen LogP contribution in [-0.2, 0) is 13.0 Å². The van der Waals surface area contributed by atoms with Gasteiger partial charge >= 0.3 is 0 Å². The van der Waals surface area contributed by atoms with E-state index in [9.17, 15) is 5.11 Å². The lowest BCUT2D eigenvalue weighted by Gasteiger charge is -2.08. The number of benzene rings is 1. The van der Waals surface area contributed by atoms with Gasteiger partial charge in [0.1, 0.15) is 12.4 Å². The molecule has 0 aliphatic heterocycles. The number of hydrogen-bond acceptors (Lipinski definition) is 3. The minimum atomic E-state index is -0.301. The molecule has 1 atom stereocenters. The summed E-state index contributed by atoms with van der Waals surface area (Å²) < 4.78 is 5.71. The smallest absolute Gasteiger partial charge is 0.130 e. The van der Waals surface area contributed by atoms with Gasteiger partial charge in [0.15, 0.2) is 0 Å². The maximum atomic E-state index is 9.73. The molecule has 1 aliphatic carbocycles. The highest BCUT2D eigenvalue weighted by Crippen LogP contribution is 2.33. The van der Waals surface area contributed by atoms with Crippen molar-refractivity contribution in [3.05, 3.63) is 59.4 Å². The van der Waals surface area contributed by atoms with Gasteiger partial charge in [-0.05, 0) is 48.2 Å². The van der Waals surface area contributed by atoms with E-state index >= 15 is 0 Å². The van der Waals surface area contributed by atoms with Gasteiger partial charge in [-0.3, -0.25) is 4.98 Å². The first-order valence-electron chi connectivity index (χ1n) is 6.16. The molecule has 92 valence electrons. The van der Waals surface area contributed by atoms with Gasteiger partial charge in [-0.25, -0.2) is 0 Å². The van der Waals surface area contributed by atoms with Gasteiger partial charge in [-0.15, -0.1) is 0 Å². The lowest BCUT2D eigenvalue weighted by atomic mass is 10.1. The molecule has 1 aromatic carbocycles. The third-order valence-corrected chi connectivity index (χ3v) is 3.27. The first-order valence-corrected chi connectivity index (χ1v) is 6.16. The number of ether oxygens (including phenoxy) is 1. The highest BCUT2D eigenvalue weighted by atomic mass is 16.5. The summed E-state index contributed by atoms with van der Waals surface area (Å²) in [6.45, 7) is 0.474. The van der Waals surface area contributed by atoms with E-state index in [1.54, 1.807) is 6.20 Å².